The van der Waals surface area contributed by atoms with E-state index in [0.717, 1.165) is 37.4 Å². The van der Waals surface area contributed by atoms with E-state index in [0.29, 0.717) is 12.1 Å². The SMILES string of the molecule is CCCNC(Cc1ccc(C)cc1Cl)CC1CCCCO1. The summed E-state index contributed by atoms with van der Waals surface area (Å²) in [7, 11) is 0. The number of halogens is 1. The third kappa shape index (κ3) is 5.61. The van der Waals surface area contributed by atoms with Crippen LogP contribution in [0.15, 0.2) is 18.2 Å². The first-order valence-electron chi connectivity index (χ1n) is 8.29. The second kappa shape index (κ2) is 8.77. The highest BCUT2D eigenvalue weighted by Gasteiger charge is 2.20. The predicted molar refractivity (Wildman–Crippen MR) is 90.2 cm³/mol. The average Bonchev–Trinajstić information content (AvgIpc) is 2.48. The van der Waals surface area contributed by atoms with E-state index in [-0.39, 0.29) is 0 Å². The Morgan fingerprint density at radius 2 is 2.24 bits per heavy atom. The van der Waals surface area contributed by atoms with Gasteiger partial charge in [0, 0.05) is 17.7 Å². The van der Waals surface area contributed by atoms with E-state index in [1.165, 1.54) is 30.4 Å². The molecular weight excluding hydrogens is 282 g/mol. The van der Waals surface area contributed by atoms with Crippen LogP contribution in [0.1, 0.15) is 50.2 Å². The molecule has 1 N–H and O–H groups in total. The van der Waals surface area contributed by atoms with E-state index in [9.17, 15) is 0 Å². The van der Waals surface area contributed by atoms with E-state index in [1.807, 2.05) is 0 Å². The largest absolute Gasteiger partial charge is 0.378 e. The first kappa shape index (κ1) is 16.8. The molecule has 0 radical (unpaired) electrons. The van der Waals surface area contributed by atoms with Crippen LogP contribution in [0.25, 0.3) is 0 Å². The van der Waals surface area contributed by atoms with Crippen LogP contribution in [0.2, 0.25) is 5.02 Å². The molecule has 0 saturated carbocycles. The number of rotatable bonds is 7. The molecule has 1 aliphatic heterocycles. The van der Waals surface area contributed by atoms with Crippen LogP contribution in [-0.2, 0) is 11.2 Å². The van der Waals surface area contributed by atoms with Gasteiger partial charge in [0.25, 0.3) is 0 Å². The third-order valence-corrected chi connectivity index (χ3v) is 4.53. The molecule has 1 heterocycles. The Morgan fingerprint density at radius 3 is 2.90 bits per heavy atom. The van der Waals surface area contributed by atoms with Crippen molar-refractivity contribution in [2.24, 2.45) is 0 Å². The highest BCUT2D eigenvalue weighted by Crippen LogP contribution is 2.23. The molecule has 1 saturated heterocycles. The molecule has 118 valence electrons. The molecule has 1 aliphatic rings. The summed E-state index contributed by atoms with van der Waals surface area (Å²) in [5.41, 5.74) is 2.46. The molecule has 0 bridgehead atoms. The Balaban J connectivity index is 1.97. The van der Waals surface area contributed by atoms with Crippen molar-refractivity contribution < 1.29 is 4.74 Å². The summed E-state index contributed by atoms with van der Waals surface area (Å²) < 4.78 is 5.90. The molecule has 2 unspecified atom stereocenters. The minimum absolute atomic E-state index is 0.414. The van der Waals surface area contributed by atoms with Crippen LogP contribution >= 0.6 is 11.6 Å². The van der Waals surface area contributed by atoms with Gasteiger partial charge in [0.05, 0.1) is 6.10 Å². The Bertz CT molecular complexity index is 429. The molecule has 1 aromatic rings. The quantitative estimate of drug-likeness (QED) is 0.799. The lowest BCUT2D eigenvalue weighted by Gasteiger charge is -2.28. The van der Waals surface area contributed by atoms with Crippen LogP contribution in [0.5, 0.6) is 0 Å². The fraction of sp³-hybridized carbons (Fsp3) is 0.667. The third-order valence-electron chi connectivity index (χ3n) is 4.18. The number of hydrogen-bond donors (Lipinski definition) is 1. The lowest BCUT2D eigenvalue weighted by Crippen LogP contribution is -2.36. The molecule has 0 aliphatic carbocycles. The fourth-order valence-corrected chi connectivity index (χ4v) is 3.29. The van der Waals surface area contributed by atoms with Gasteiger partial charge in [-0.25, -0.2) is 0 Å². The van der Waals surface area contributed by atoms with E-state index < -0.39 is 0 Å². The fourth-order valence-electron chi connectivity index (χ4n) is 2.98. The Hall–Kier alpha value is -0.570. The summed E-state index contributed by atoms with van der Waals surface area (Å²) in [5, 5.41) is 4.56. The summed E-state index contributed by atoms with van der Waals surface area (Å²) in [6, 6.07) is 6.83. The molecule has 2 rings (SSSR count). The van der Waals surface area contributed by atoms with Crippen molar-refractivity contribution in [2.45, 2.75) is 64.5 Å². The van der Waals surface area contributed by atoms with Gasteiger partial charge in [0.15, 0.2) is 0 Å². The lowest BCUT2D eigenvalue weighted by molar-refractivity contribution is 0.00526. The zero-order valence-corrected chi connectivity index (χ0v) is 14.1. The van der Waals surface area contributed by atoms with Gasteiger partial charge in [-0.15, -0.1) is 0 Å². The topological polar surface area (TPSA) is 21.3 Å². The van der Waals surface area contributed by atoms with Gasteiger partial charge in [-0.3, -0.25) is 0 Å². The minimum Gasteiger partial charge on any atom is -0.378 e. The monoisotopic (exact) mass is 309 g/mol. The van der Waals surface area contributed by atoms with Crippen LogP contribution in [-0.4, -0.2) is 25.3 Å². The maximum Gasteiger partial charge on any atom is 0.0590 e. The summed E-state index contributed by atoms with van der Waals surface area (Å²) in [6.45, 7) is 6.27. The van der Waals surface area contributed by atoms with E-state index in [2.05, 4.69) is 37.4 Å². The van der Waals surface area contributed by atoms with Gasteiger partial charge in [-0.1, -0.05) is 30.7 Å². The zero-order valence-electron chi connectivity index (χ0n) is 13.3. The molecule has 0 spiro atoms. The summed E-state index contributed by atoms with van der Waals surface area (Å²) in [4.78, 5) is 0. The van der Waals surface area contributed by atoms with Gasteiger partial charge in [0.2, 0.25) is 0 Å². The van der Waals surface area contributed by atoms with E-state index >= 15 is 0 Å². The second-order valence-electron chi connectivity index (χ2n) is 6.17. The summed E-state index contributed by atoms with van der Waals surface area (Å²) in [5.74, 6) is 0. The molecule has 0 aromatic heterocycles. The van der Waals surface area contributed by atoms with Crippen molar-refractivity contribution in [2.75, 3.05) is 13.2 Å². The first-order chi connectivity index (χ1) is 10.2. The van der Waals surface area contributed by atoms with Gasteiger partial charge < -0.3 is 10.1 Å². The van der Waals surface area contributed by atoms with E-state index in [1.54, 1.807) is 0 Å². The molecule has 2 atom stereocenters. The van der Waals surface area contributed by atoms with Gasteiger partial charge in [-0.2, -0.15) is 0 Å². The highest BCUT2D eigenvalue weighted by atomic mass is 35.5. The van der Waals surface area contributed by atoms with Crippen LogP contribution < -0.4 is 5.32 Å². The second-order valence-corrected chi connectivity index (χ2v) is 6.58. The van der Waals surface area contributed by atoms with Crippen LogP contribution in [0.3, 0.4) is 0 Å². The molecule has 2 nitrogen and oxygen atoms in total. The Morgan fingerprint density at radius 1 is 1.38 bits per heavy atom. The summed E-state index contributed by atoms with van der Waals surface area (Å²) in [6.07, 6.45) is 7.36. The first-order valence-corrected chi connectivity index (χ1v) is 8.67. The molecule has 21 heavy (non-hydrogen) atoms. The average molecular weight is 310 g/mol. The van der Waals surface area contributed by atoms with Crippen molar-refractivity contribution in [3.63, 3.8) is 0 Å². The van der Waals surface area contributed by atoms with Crippen molar-refractivity contribution in [3.8, 4) is 0 Å². The number of hydrogen-bond acceptors (Lipinski definition) is 2. The smallest absolute Gasteiger partial charge is 0.0590 e. The van der Waals surface area contributed by atoms with Gasteiger partial charge in [-0.05, 0) is 69.2 Å². The highest BCUT2D eigenvalue weighted by molar-refractivity contribution is 6.31. The normalized spacial score (nSPS) is 20.4. The van der Waals surface area contributed by atoms with Gasteiger partial charge in [0.1, 0.15) is 0 Å². The summed E-state index contributed by atoms with van der Waals surface area (Å²) >= 11 is 6.39. The van der Waals surface area contributed by atoms with Crippen molar-refractivity contribution in [1.82, 2.24) is 5.32 Å². The lowest BCUT2D eigenvalue weighted by atomic mass is 9.96. The van der Waals surface area contributed by atoms with E-state index in [4.69, 9.17) is 16.3 Å². The van der Waals surface area contributed by atoms with Gasteiger partial charge >= 0.3 is 0 Å². The Kier molecular flexibility index (Phi) is 7.01. The van der Waals surface area contributed by atoms with Crippen molar-refractivity contribution >= 4 is 11.6 Å². The predicted octanol–water partition coefficient (Wildman–Crippen LogP) is 4.52. The van der Waals surface area contributed by atoms with Crippen LogP contribution in [0.4, 0.5) is 0 Å². The number of aryl methyl sites for hydroxylation is 1. The molecule has 0 amide bonds. The Labute approximate surface area is 134 Å². The maximum atomic E-state index is 6.39. The number of ether oxygens (including phenoxy) is 1. The number of nitrogens with one attached hydrogen (secondary N) is 1. The van der Waals surface area contributed by atoms with Crippen LogP contribution in [0, 0.1) is 6.92 Å². The maximum absolute atomic E-state index is 6.39. The standard InChI is InChI=1S/C18H28ClNO/c1-3-9-20-16(13-17-6-4-5-10-21-17)12-15-8-7-14(2)11-18(15)19/h7-8,11,16-17,20H,3-6,9-10,12-13H2,1-2H3. The zero-order chi connectivity index (χ0) is 15.1. The molecular formula is C18H28ClNO. The molecule has 1 fully saturated rings. The minimum atomic E-state index is 0.414. The molecule has 3 heteroatoms. The molecule has 1 aromatic carbocycles. The van der Waals surface area contributed by atoms with Crippen molar-refractivity contribution in [1.29, 1.82) is 0 Å². The van der Waals surface area contributed by atoms with Crippen molar-refractivity contribution in [3.05, 3.63) is 34.3 Å². The number of benzene rings is 1.